The van der Waals surface area contributed by atoms with Gasteiger partial charge in [-0.05, 0) is 6.42 Å². The Bertz CT molecular complexity index is 1120. The Balaban J connectivity index is 5.22. The molecule has 0 heterocycles. The van der Waals surface area contributed by atoms with Gasteiger partial charge in [0.2, 0.25) is 0 Å². The number of hydrogen-bond acceptors (Lipinski definition) is 3. The van der Waals surface area contributed by atoms with Crippen molar-refractivity contribution in [1.82, 2.24) is 4.31 Å². The smallest absolute Gasteiger partial charge is 0.380 e. The molecule has 0 amide bonds. The number of sulfonamides is 1. The van der Waals surface area contributed by atoms with E-state index in [1.54, 1.807) is 0 Å². The Kier molecular flexibility index (Phi) is 18.8. The minimum absolute atomic E-state index is 0.140. The van der Waals surface area contributed by atoms with E-state index in [4.69, 9.17) is 4.74 Å². The first-order valence-corrected chi connectivity index (χ1v) is 17.7. The SMILES string of the molecule is CCCCCCCCCCCCCCCCCOCCN(CC)S(=O)(=O)C(F)(F)C(F)(F)C(F)(F)C(F)(F)C(F)(F)C(F)(F)C(F)(F)C(F)(F)F. The predicted octanol–water partition coefficient (Wildman–Crippen LogP) is 11.5. The number of ether oxygens (including phenoxy) is 1. The van der Waals surface area contributed by atoms with Gasteiger partial charge in [-0.1, -0.05) is 104 Å². The van der Waals surface area contributed by atoms with Crippen LogP contribution in [0.2, 0.25) is 0 Å². The van der Waals surface area contributed by atoms with Crippen LogP contribution in [0.5, 0.6) is 0 Å². The van der Waals surface area contributed by atoms with Gasteiger partial charge >= 0.3 is 47.0 Å². The number of rotatable bonds is 28. The fourth-order valence-corrected chi connectivity index (χ4v) is 6.20. The van der Waals surface area contributed by atoms with Gasteiger partial charge in [-0.2, -0.15) is 78.9 Å². The molecule has 0 spiro atoms. The molecule has 0 aromatic carbocycles. The molecular formula is C29H44F17NO3S. The van der Waals surface area contributed by atoms with Crippen molar-refractivity contribution in [1.29, 1.82) is 0 Å². The van der Waals surface area contributed by atoms with E-state index >= 15 is 0 Å². The van der Waals surface area contributed by atoms with Gasteiger partial charge in [0.15, 0.2) is 0 Å². The third-order valence-corrected chi connectivity index (χ3v) is 10.1. The molecule has 0 fully saturated rings. The van der Waals surface area contributed by atoms with Gasteiger partial charge < -0.3 is 4.74 Å². The quantitative estimate of drug-likeness (QED) is 0.0584. The van der Waals surface area contributed by atoms with E-state index in [-0.39, 0.29) is 6.61 Å². The minimum atomic E-state index is -8.85. The summed E-state index contributed by atoms with van der Waals surface area (Å²) >= 11 is 0. The molecule has 0 unspecified atom stereocenters. The summed E-state index contributed by atoms with van der Waals surface area (Å²) in [6, 6.07) is 0. The lowest BCUT2D eigenvalue weighted by Crippen LogP contribution is -2.75. The van der Waals surface area contributed by atoms with E-state index in [1.165, 1.54) is 44.9 Å². The van der Waals surface area contributed by atoms with E-state index in [1.807, 2.05) is 0 Å². The van der Waals surface area contributed by atoms with Crippen LogP contribution in [0.15, 0.2) is 0 Å². The first kappa shape index (κ1) is 49.7. The lowest BCUT2D eigenvalue weighted by atomic mass is 9.91. The number of unbranched alkanes of at least 4 members (excludes halogenated alkanes) is 14. The van der Waals surface area contributed by atoms with Gasteiger partial charge in [0.25, 0.3) is 10.0 Å². The second-order valence-corrected chi connectivity index (χ2v) is 14.0. The molecule has 0 radical (unpaired) electrons. The van der Waals surface area contributed by atoms with E-state index in [9.17, 15) is 83.1 Å². The third-order valence-electron chi connectivity index (χ3n) is 8.09. The molecule has 0 rings (SSSR count). The molecule has 51 heavy (non-hydrogen) atoms. The molecule has 22 heteroatoms. The van der Waals surface area contributed by atoms with Crippen molar-refractivity contribution in [3.8, 4) is 0 Å². The number of hydrogen-bond donors (Lipinski definition) is 0. The van der Waals surface area contributed by atoms with Crippen LogP contribution in [0.25, 0.3) is 0 Å². The van der Waals surface area contributed by atoms with Crippen molar-refractivity contribution in [2.45, 2.75) is 157 Å². The Morgan fingerprint density at radius 2 is 0.745 bits per heavy atom. The van der Waals surface area contributed by atoms with Crippen LogP contribution in [0.4, 0.5) is 74.6 Å². The lowest BCUT2D eigenvalue weighted by Gasteiger charge is -2.43. The van der Waals surface area contributed by atoms with Gasteiger partial charge in [-0.3, -0.25) is 0 Å². The molecule has 0 atom stereocenters. The Labute approximate surface area is 285 Å². The number of alkyl halides is 17. The molecule has 0 aliphatic carbocycles. The topological polar surface area (TPSA) is 46.6 Å². The van der Waals surface area contributed by atoms with Crippen molar-refractivity contribution >= 4 is 10.0 Å². The molecule has 4 nitrogen and oxygen atoms in total. The van der Waals surface area contributed by atoms with Crippen molar-refractivity contribution < 1.29 is 87.8 Å². The van der Waals surface area contributed by atoms with Crippen LogP contribution >= 0.6 is 0 Å². The molecule has 0 saturated carbocycles. The van der Waals surface area contributed by atoms with Crippen LogP contribution in [0.3, 0.4) is 0 Å². The molecule has 0 aliphatic heterocycles. The van der Waals surface area contributed by atoms with Crippen LogP contribution < -0.4 is 0 Å². The van der Waals surface area contributed by atoms with E-state index in [0.29, 0.717) is 19.8 Å². The van der Waals surface area contributed by atoms with Gasteiger partial charge in [-0.15, -0.1) is 0 Å². The van der Waals surface area contributed by atoms with E-state index in [0.717, 1.165) is 38.5 Å². The standard InChI is InChI=1S/C29H44F17NO3S/c1-3-5-6-7-8-9-10-11-12-13-14-15-16-17-18-20-50-21-19-47(4-2)51(48,49)29(45,46)27(40,41)25(36,37)23(32,33)22(30,31)24(34,35)26(38,39)28(42,43)44/h3-21H2,1-2H3. The first-order chi connectivity index (χ1) is 23.0. The first-order valence-electron chi connectivity index (χ1n) is 16.3. The summed E-state index contributed by atoms with van der Waals surface area (Å²) in [5.74, 6) is -51.7. The normalized spacial score (nSPS) is 14.9. The molecule has 0 aromatic rings. The third kappa shape index (κ3) is 10.9. The molecule has 0 N–H and O–H groups in total. The summed E-state index contributed by atoms with van der Waals surface area (Å²) in [6.45, 7) is -0.853. The summed E-state index contributed by atoms with van der Waals surface area (Å²) in [6.07, 6.45) is 7.42. The van der Waals surface area contributed by atoms with Crippen LogP contribution in [0.1, 0.15) is 110 Å². The van der Waals surface area contributed by atoms with Crippen molar-refractivity contribution in [2.24, 2.45) is 0 Å². The maximum atomic E-state index is 14.5. The molecule has 0 aromatic heterocycles. The molecule has 308 valence electrons. The largest absolute Gasteiger partial charge is 0.460 e. The number of nitrogens with zero attached hydrogens (tertiary/aromatic N) is 1. The Morgan fingerprint density at radius 3 is 1.08 bits per heavy atom. The lowest BCUT2D eigenvalue weighted by molar-refractivity contribution is -0.458. The second-order valence-electron chi connectivity index (χ2n) is 12.0. The fraction of sp³-hybridized carbons (Fsp3) is 1.00. The van der Waals surface area contributed by atoms with E-state index in [2.05, 4.69) is 6.92 Å². The molecule has 0 aliphatic rings. The maximum Gasteiger partial charge on any atom is 0.460 e. The molecule has 0 saturated heterocycles. The van der Waals surface area contributed by atoms with Gasteiger partial charge in [0.05, 0.1) is 6.61 Å². The Hall–Kier alpha value is -1.32. The second kappa shape index (κ2) is 19.3. The monoisotopic (exact) mass is 809 g/mol. The highest BCUT2D eigenvalue weighted by atomic mass is 32.2. The Morgan fingerprint density at radius 1 is 0.431 bits per heavy atom. The summed E-state index contributed by atoms with van der Waals surface area (Å²) in [4.78, 5) is 0. The van der Waals surface area contributed by atoms with Crippen molar-refractivity contribution in [2.75, 3.05) is 26.3 Å². The van der Waals surface area contributed by atoms with Gasteiger partial charge in [0, 0.05) is 19.7 Å². The highest BCUT2D eigenvalue weighted by molar-refractivity contribution is 7.90. The van der Waals surface area contributed by atoms with Crippen LogP contribution in [-0.2, 0) is 14.8 Å². The zero-order valence-corrected chi connectivity index (χ0v) is 28.8. The molecule has 0 bridgehead atoms. The summed E-state index contributed by atoms with van der Waals surface area (Å²) in [7, 11) is -7.31. The summed E-state index contributed by atoms with van der Waals surface area (Å²) < 4.78 is 259. The summed E-state index contributed by atoms with van der Waals surface area (Å²) in [5.41, 5.74) is 0. The average Bonchev–Trinajstić information content (AvgIpc) is 3.00. The van der Waals surface area contributed by atoms with Crippen LogP contribution in [-0.4, -0.2) is 86.0 Å². The zero-order valence-electron chi connectivity index (χ0n) is 27.9. The maximum absolute atomic E-state index is 14.5. The van der Waals surface area contributed by atoms with Crippen molar-refractivity contribution in [3.63, 3.8) is 0 Å². The number of likely N-dealkylation sites (N-methyl/N-ethyl adjacent to an activating group) is 1. The highest BCUT2D eigenvalue weighted by Crippen LogP contribution is 2.64. The molecular weight excluding hydrogens is 765 g/mol. The van der Waals surface area contributed by atoms with Gasteiger partial charge in [0.1, 0.15) is 0 Å². The summed E-state index contributed by atoms with van der Waals surface area (Å²) in [5, 5.41) is -7.56. The zero-order chi connectivity index (χ0) is 40.2. The highest BCUT2D eigenvalue weighted by Gasteiger charge is 2.96. The fourth-order valence-electron chi connectivity index (χ4n) is 4.77. The number of halogens is 17. The average molecular weight is 810 g/mol. The van der Waals surface area contributed by atoms with E-state index < -0.39 is 81.0 Å². The predicted molar refractivity (Wildman–Crippen MR) is 153 cm³/mol. The van der Waals surface area contributed by atoms with Gasteiger partial charge in [-0.25, -0.2) is 8.42 Å². The van der Waals surface area contributed by atoms with Crippen molar-refractivity contribution in [3.05, 3.63) is 0 Å². The van der Waals surface area contributed by atoms with Crippen LogP contribution in [0, 0.1) is 0 Å². The minimum Gasteiger partial charge on any atom is -0.380 e.